The van der Waals surface area contributed by atoms with Gasteiger partial charge in [-0.25, -0.2) is 4.79 Å². The summed E-state index contributed by atoms with van der Waals surface area (Å²) in [6.45, 7) is 0. The molecule has 0 amide bonds. The van der Waals surface area contributed by atoms with Gasteiger partial charge in [-0.15, -0.1) is 0 Å². The molecule has 1 unspecified atom stereocenters. The molecule has 0 saturated carbocycles. The third-order valence-electron chi connectivity index (χ3n) is 1.87. The summed E-state index contributed by atoms with van der Waals surface area (Å²) in [5.41, 5.74) is 0.340. The van der Waals surface area contributed by atoms with Crippen LogP contribution in [0.2, 0.25) is 0 Å². The number of aliphatic hydroxyl groups is 1. The van der Waals surface area contributed by atoms with Gasteiger partial charge in [0.05, 0.1) is 0 Å². The third-order valence-corrected chi connectivity index (χ3v) is 1.87. The van der Waals surface area contributed by atoms with Gasteiger partial charge in [0.1, 0.15) is 5.75 Å². The molecule has 1 heterocycles. The lowest BCUT2D eigenvalue weighted by Gasteiger charge is -2.18. The van der Waals surface area contributed by atoms with E-state index >= 15 is 0 Å². The van der Waals surface area contributed by atoms with E-state index in [0.717, 1.165) is 0 Å². The molecule has 0 spiro atoms. The summed E-state index contributed by atoms with van der Waals surface area (Å²) < 4.78 is 4.67. The summed E-state index contributed by atoms with van der Waals surface area (Å²) >= 11 is 0. The Morgan fingerprint density at radius 2 is 1.92 bits per heavy atom. The Bertz CT molecular complexity index is 383. The number of fused-ring (bicyclic) bond motifs is 1. The molecule has 2 rings (SSSR count). The number of Topliss-reactive ketones (excluding diaryl/α,β-unsaturated/α-hetero) is 1. The zero-order valence-corrected chi connectivity index (χ0v) is 6.56. The number of carbonyl (C=O) groups is 2. The van der Waals surface area contributed by atoms with E-state index in [1.54, 1.807) is 18.2 Å². The maximum Gasteiger partial charge on any atom is 0.383 e. The fourth-order valence-corrected chi connectivity index (χ4v) is 1.20. The minimum Gasteiger partial charge on any atom is -0.420 e. The molecule has 1 aliphatic rings. The van der Waals surface area contributed by atoms with Crippen molar-refractivity contribution in [1.29, 1.82) is 0 Å². The van der Waals surface area contributed by atoms with Gasteiger partial charge >= 0.3 is 5.97 Å². The highest BCUT2D eigenvalue weighted by Gasteiger charge is 2.34. The van der Waals surface area contributed by atoms with Crippen LogP contribution in [-0.4, -0.2) is 16.9 Å². The Kier molecular flexibility index (Phi) is 1.63. The van der Waals surface area contributed by atoms with Gasteiger partial charge in [-0.3, -0.25) is 4.79 Å². The number of esters is 1. The second-order valence-corrected chi connectivity index (χ2v) is 2.69. The topological polar surface area (TPSA) is 63.6 Å². The molecule has 1 aliphatic heterocycles. The maximum atomic E-state index is 11.0. The van der Waals surface area contributed by atoms with Crippen LogP contribution in [0.25, 0.3) is 0 Å². The first-order chi connectivity index (χ1) is 6.20. The molecule has 0 aromatic heterocycles. The van der Waals surface area contributed by atoms with Crippen molar-refractivity contribution >= 4 is 11.8 Å². The SMILES string of the molecule is O=C1Oc2ccccc2C(O)C1=O. The Labute approximate surface area is 73.8 Å². The predicted octanol–water partition coefficient (Wildman–Crippen LogP) is 0.208. The van der Waals surface area contributed by atoms with Crippen LogP contribution in [0.5, 0.6) is 5.75 Å². The molecular formula is C9H6O4. The number of ether oxygens (including phenoxy) is 1. The highest BCUT2D eigenvalue weighted by atomic mass is 16.5. The number of hydrogen-bond donors (Lipinski definition) is 1. The highest BCUT2D eigenvalue weighted by molar-refractivity contribution is 6.36. The fourth-order valence-electron chi connectivity index (χ4n) is 1.20. The molecule has 4 nitrogen and oxygen atoms in total. The van der Waals surface area contributed by atoms with Gasteiger partial charge in [-0.2, -0.15) is 0 Å². The summed E-state index contributed by atoms with van der Waals surface area (Å²) in [5.74, 6) is -1.68. The average molecular weight is 178 g/mol. The molecule has 0 fully saturated rings. The van der Waals surface area contributed by atoms with Gasteiger partial charge in [-0.1, -0.05) is 18.2 Å². The Hall–Kier alpha value is -1.68. The lowest BCUT2D eigenvalue weighted by Crippen LogP contribution is -2.31. The number of rotatable bonds is 0. The van der Waals surface area contributed by atoms with E-state index in [9.17, 15) is 14.7 Å². The van der Waals surface area contributed by atoms with Crippen LogP contribution in [-0.2, 0) is 9.59 Å². The van der Waals surface area contributed by atoms with Gasteiger partial charge in [-0.05, 0) is 6.07 Å². The third kappa shape index (κ3) is 1.11. The molecule has 66 valence electrons. The van der Waals surface area contributed by atoms with Gasteiger partial charge in [0.2, 0.25) is 0 Å². The first-order valence-electron chi connectivity index (χ1n) is 3.73. The van der Waals surface area contributed by atoms with Gasteiger partial charge < -0.3 is 9.84 Å². The maximum absolute atomic E-state index is 11.0. The quantitative estimate of drug-likeness (QED) is 0.350. The average Bonchev–Trinajstić information content (AvgIpc) is 2.15. The largest absolute Gasteiger partial charge is 0.420 e. The van der Waals surface area contributed by atoms with E-state index in [1.165, 1.54) is 6.07 Å². The Morgan fingerprint density at radius 3 is 2.69 bits per heavy atom. The number of aliphatic hydroxyl groups excluding tert-OH is 1. The smallest absolute Gasteiger partial charge is 0.383 e. The van der Waals surface area contributed by atoms with Crippen molar-refractivity contribution < 1.29 is 19.4 Å². The Balaban J connectivity index is 2.55. The summed E-state index contributed by atoms with van der Waals surface area (Å²) in [6.07, 6.45) is -1.38. The zero-order valence-electron chi connectivity index (χ0n) is 6.56. The Morgan fingerprint density at radius 1 is 1.23 bits per heavy atom. The summed E-state index contributed by atoms with van der Waals surface area (Å²) in [5, 5.41) is 9.35. The lowest BCUT2D eigenvalue weighted by atomic mass is 10.0. The van der Waals surface area contributed by atoms with Crippen molar-refractivity contribution in [2.24, 2.45) is 0 Å². The van der Waals surface area contributed by atoms with Crippen LogP contribution in [0.15, 0.2) is 24.3 Å². The molecule has 0 aliphatic carbocycles. The predicted molar refractivity (Wildman–Crippen MR) is 42.0 cm³/mol. The molecule has 0 bridgehead atoms. The van der Waals surface area contributed by atoms with Crippen molar-refractivity contribution in [2.45, 2.75) is 6.10 Å². The minimum absolute atomic E-state index is 0.250. The molecular weight excluding hydrogens is 172 g/mol. The standard InChI is InChI=1S/C9H6O4/c10-7-5-3-1-2-4-6(5)13-9(12)8(7)11/h1-4,7,10H. The molecule has 4 heteroatoms. The van der Waals surface area contributed by atoms with Crippen LogP contribution in [0, 0.1) is 0 Å². The molecule has 0 radical (unpaired) electrons. The number of ketones is 1. The summed E-state index contributed by atoms with van der Waals surface area (Å²) in [6, 6.07) is 6.40. The van der Waals surface area contributed by atoms with Crippen molar-refractivity contribution in [2.75, 3.05) is 0 Å². The van der Waals surface area contributed by atoms with E-state index in [1.807, 2.05) is 0 Å². The summed E-state index contributed by atoms with van der Waals surface area (Å²) in [7, 11) is 0. The molecule has 1 atom stereocenters. The molecule has 1 aromatic rings. The van der Waals surface area contributed by atoms with Gasteiger partial charge in [0.25, 0.3) is 5.78 Å². The fraction of sp³-hybridized carbons (Fsp3) is 0.111. The second-order valence-electron chi connectivity index (χ2n) is 2.69. The van der Waals surface area contributed by atoms with E-state index in [2.05, 4.69) is 4.74 Å². The van der Waals surface area contributed by atoms with Crippen molar-refractivity contribution in [3.05, 3.63) is 29.8 Å². The summed E-state index contributed by atoms with van der Waals surface area (Å²) in [4.78, 5) is 21.8. The van der Waals surface area contributed by atoms with Crippen molar-refractivity contribution in [3.8, 4) is 5.75 Å². The van der Waals surface area contributed by atoms with Gasteiger partial charge in [0.15, 0.2) is 6.10 Å². The monoisotopic (exact) mass is 178 g/mol. The van der Waals surface area contributed by atoms with E-state index in [0.29, 0.717) is 5.56 Å². The molecule has 0 saturated heterocycles. The first kappa shape index (κ1) is 7.94. The van der Waals surface area contributed by atoms with Crippen molar-refractivity contribution in [1.82, 2.24) is 0 Å². The van der Waals surface area contributed by atoms with Crippen LogP contribution >= 0.6 is 0 Å². The van der Waals surface area contributed by atoms with E-state index in [-0.39, 0.29) is 5.75 Å². The second kappa shape index (κ2) is 2.67. The number of carbonyl (C=O) groups excluding carboxylic acids is 2. The highest BCUT2D eigenvalue weighted by Crippen LogP contribution is 2.29. The van der Waals surface area contributed by atoms with Gasteiger partial charge in [0, 0.05) is 5.56 Å². The first-order valence-corrected chi connectivity index (χ1v) is 3.73. The van der Waals surface area contributed by atoms with Crippen molar-refractivity contribution in [3.63, 3.8) is 0 Å². The molecule has 1 aromatic carbocycles. The van der Waals surface area contributed by atoms with Crippen LogP contribution < -0.4 is 4.74 Å². The van der Waals surface area contributed by atoms with Crippen LogP contribution in [0.1, 0.15) is 11.7 Å². The zero-order chi connectivity index (χ0) is 9.42. The number of benzene rings is 1. The van der Waals surface area contributed by atoms with Crippen LogP contribution in [0.4, 0.5) is 0 Å². The normalized spacial score (nSPS) is 20.8. The number of para-hydroxylation sites is 1. The molecule has 1 N–H and O–H groups in total. The lowest BCUT2D eigenvalue weighted by molar-refractivity contribution is -0.153. The molecule has 13 heavy (non-hydrogen) atoms. The number of hydrogen-bond acceptors (Lipinski definition) is 4. The minimum atomic E-state index is -1.38. The van der Waals surface area contributed by atoms with E-state index in [4.69, 9.17) is 0 Å². The van der Waals surface area contributed by atoms with Crippen LogP contribution in [0.3, 0.4) is 0 Å². The van der Waals surface area contributed by atoms with E-state index < -0.39 is 17.9 Å².